The van der Waals surface area contributed by atoms with Gasteiger partial charge >= 0.3 is 13.3 Å². The Kier molecular flexibility index (Phi) is 2.82. The van der Waals surface area contributed by atoms with E-state index in [0.717, 1.165) is 12.2 Å². The Balaban J connectivity index is 2.77. The van der Waals surface area contributed by atoms with Gasteiger partial charge in [-0.25, -0.2) is 0 Å². The van der Waals surface area contributed by atoms with Crippen LogP contribution < -0.4 is 0 Å². The van der Waals surface area contributed by atoms with Crippen LogP contribution >= 0.6 is 0 Å². The molecule has 0 radical (unpaired) electrons. The molecule has 72 valence electrons. The third kappa shape index (κ3) is 2.60. The first-order valence-electron chi connectivity index (χ1n) is 3.74. The lowest BCUT2D eigenvalue weighted by molar-refractivity contribution is -0.0941. The zero-order valence-electron chi connectivity index (χ0n) is 6.67. The van der Waals surface area contributed by atoms with E-state index in [0.29, 0.717) is 0 Å². The van der Waals surface area contributed by atoms with Gasteiger partial charge in [0.25, 0.3) is 0 Å². The van der Waals surface area contributed by atoms with Crippen LogP contribution in [0, 0.1) is 0 Å². The molecular formula is C7H8BF3O2. The van der Waals surface area contributed by atoms with Gasteiger partial charge < -0.3 is 10.0 Å². The number of hydrogen-bond acceptors (Lipinski definition) is 2. The van der Waals surface area contributed by atoms with Crippen molar-refractivity contribution >= 4 is 7.12 Å². The molecule has 0 aromatic carbocycles. The van der Waals surface area contributed by atoms with Crippen molar-refractivity contribution in [2.45, 2.75) is 19.0 Å². The van der Waals surface area contributed by atoms with E-state index < -0.39 is 18.9 Å². The number of rotatable bonds is 1. The molecule has 0 fully saturated rings. The van der Waals surface area contributed by atoms with Crippen LogP contribution in [0.2, 0.25) is 0 Å². The van der Waals surface area contributed by atoms with Crippen LogP contribution in [0.4, 0.5) is 13.2 Å². The normalized spacial score (nSPS) is 17.9. The molecule has 0 unspecified atom stereocenters. The second kappa shape index (κ2) is 3.55. The summed E-state index contributed by atoms with van der Waals surface area (Å²) in [6.45, 7) is 0. The van der Waals surface area contributed by atoms with Crippen LogP contribution in [0.25, 0.3) is 0 Å². The van der Waals surface area contributed by atoms with Crippen molar-refractivity contribution in [2.75, 3.05) is 0 Å². The van der Waals surface area contributed by atoms with E-state index in [1.54, 1.807) is 0 Å². The fourth-order valence-electron chi connectivity index (χ4n) is 1.10. The Bertz CT molecular complexity index is 255. The number of halogens is 3. The van der Waals surface area contributed by atoms with Crippen LogP contribution in [0.15, 0.2) is 23.2 Å². The van der Waals surface area contributed by atoms with Crippen LogP contribution in [0.3, 0.4) is 0 Å². The average Bonchev–Trinajstić information content (AvgIpc) is 2.03. The molecule has 0 saturated heterocycles. The maximum absolute atomic E-state index is 12.0. The highest BCUT2D eigenvalue weighted by atomic mass is 19.4. The Morgan fingerprint density at radius 1 is 1.15 bits per heavy atom. The van der Waals surface area contributed by atoms with Crippen molar-refractivity contribution in [1.82, 2.24) is 0 Å². The lowest BCUT2D eigenvalue weighted by Gasteiger charge is -2.16. The van der Waals surface area contributed by atoms with Crippen LogP contribution in [0.1, 0.15) is 12.8 Å². The van der Waals surface area contributed by atoms with Crippen molar-refractivity contribution in [3.63, 3.8) is 0 Å². The minimum absolute atomic E-state index is 0.0447. The zero-order chi connectivity index (χ0) is 10.1. The molecular weight excluding hydrogens is 184 g/mol. The van der Waals surface area contributed by atoms with E-state index in [1.807, 2.05) is 0 Å². The molecule has 2 N–H and O–H groups in total. The Morgan fingerprint density at radius 3 is 2.08 bits per heavy atom. The van der Waals surface area contributed by atoms with Gasteiger partial charge in [-0.15, -0.1) is 0 Å². The van der Waals surface area contributed by atoms with Gasteiger partial charge in [-0.1, -0.05) is 12.2 Å². The van der Waals surface area contributed by atoms with Gasteiger partial charge in [0.15, 0.2) is 0 Å². The smallest absolute Gasteiger partial charge is 0.423 e. The first-order chi connectivity index (χ1) is 5.91. The molecule has 0 aromatic rings. The summed E-state index contributed by atoms with van der Waals surface area (Å²) in [6.07, 6.45) is -2.45. The predicted octanol–water partition coefficient (Wildman–Crippen LogP) is 1.21. The molecule has 1 aliphatic rings. The lowest BCUT2D eigenvalue weighted by Crippen LogP contribution is -2.20. The Hall–Kier alpha value is -0.745. The van der Waals surface area contributed by atoms with Gasteiger partial charge in [-0.3, -0.25) is 0 Å². The van der Waals surface area contributed by atoms with Crippen molar-refractivity contribution in [3.8, 4) is 0 Å². The van der Waals surface area contributed by atoms with Gasteiger partial charge in [0.05, 0.1) is 0 Å². The topological polar surface area (TPSA) is 40.5 Å². The molecule has 0 aliphatic heterocycles. The molecule has 0 atom stereocenters. The minimum Gasteiger partial charge on any atom is -0.423 e. The standard InChI is InChI=1S/C7H8BF3O2/c9-7(10,11)5-1-3-6(4-2-5)8(12)13/h1,3,12-13H,2,4H2. The number of alkyl halides is 3. The van der Waals surface area contributed by atoms with Gasteiger partial charge in [0.1, 0.15) is 0 Å². The van der Waals surface area contributed by atoms with Gasteiger partial charge in [0, 0.05) is 5.57 Å². The van der Waals surface area contributed by atoms with Crippen molar-refractivity contribution < 1.29 is 23.2 Å². The molecule has 0 heterocycles. The van der Waals surface area contributed by atoms with E-state index in [-0.39, 0.29) is 18.3 Å². The highest BCUT2D eigenvalue weighted by Gasteiger charge is 2.34. The molecule has 0 aromatic heterocycles. The third-order valence-corrected chi connectivity index (χ3v) is 1.88. The summed E-state index contributed by atoms with van der Waals surface area (Å²) in [4.78, 5) is 0. The van der Waals surface area contributed by atoms with E-state index in [9.17, 15) is 13.2 Å². The average molecular weight is 192 g/mol. The van der Waals surface area contributed by atoms with Crippen LogP contribution in [0.5, 0.6) is 0 Å². The van der Waals surface area contributed by atoms with Gasteiger partial charge in [-0.2, -0.15) is 13.2 Å². The summed E-state index contributed by atoms with van der Waals surface area (Å²) in [5.41, 5.74) is -0.412. The third-order valence-electron chi connectivity index (χ3n) is 1.88. The first kappa shape index (κ1) is 10.3. The quantitative estimate of drug-likeness (QED) is 0.612. The molecule has 0 bridgehead atoms. The van der Waals surface area contributed by atoms with E-state index in [2.05, 4.69) is 0 Å². The molecule has 2 nitrogen and oxygen atoms in total. The molecule has 0 spiro atoms. The maximum atomic E-state index is 12.0. The molecule has 0 amide bonds. The second-order valence-corrected chi connectivity index (χ2v) is 2.80. The summed E-state index contributed by atoms with van der Waals surface area (Å²) in [7, 11) is -1.65. The summed E-state index contributed by atoms with van der Waals surface area (Å²) in [6, 6.07) is 0. The summed E-state index contributed by atoms with van der Waals surface area (Å²) in [5.74, 6) is 0. The van der Waals surface area contributed by atoms with Crippen molar-refractivity contribution in [1.29, 1.82) is 0 Å². The molecule has 0 saturated carbocycles. The lowest BCUT2D eigenvalue weighted by atomic mass is 9.74. The Morgan fingerprint density at radius 2 is 1.77 bits per heavy atom. The van der Waals surface area contributed by atoms with Gasteiger partial charge in [-0.05, 0) is 18.3 Å². The van der Waals surface area contributed by atoms with E-state index in [4.69, 9.17) is 10.0 Å². The molecule has 13 heavy (non-hydrogen) atoms. The number of hydrogen-bond donors (Lipinski definition) is 2. The summed E-state index contributed by atoms with van der Waals surface area (Å²) >= 11 is 0. The van der Waals surface area contributed by atoms with Crippen molar-refractivity contribution in [3.05, 3.63) is 23.2 Å². The van der Waals surface area contributed by atoms with E-state index in [1.165, 1.54) is 0 Å². The molecule has 1 aliphatic carbocycles. The first-order valence-corrected chi connectivity index (χ1v) is 3.74. The van der Waals surface area contributed by atoms with Crippen molar-refractivity contribution in [2.24, 2.45) is 0 Å². The fourth-order valence-corrected chi connectivity index (χ4v) is 1.10. The van der Waals surface area contributed by atoms with E-state index >= 15 is 0 Å². The van der Waals surface area contributed by atoms with Gasteiger partial charge in [0.2, 0.25) is 0 Å². The molecule has 6 heteroatoms. The monoisotopic (exact) mass is 192 g/mol. The summed E-state index contributed by atoms with van der Waals surface area (Å²) < 4.78 is 36.1. The molecule has 1 rings (SSSR count). The zero-order valence-corrected chi connectivity index (χ0v) is 6.67. The van der Waals surface area contributed by atoms with Crippen LogP contribution in [-0.2, 0) is 0 Å². The minimum atomic E-state index is -4.30. The fraction of sp³-hybridized carbons (Fsp3) is 0.429. The predicted molar refractivity (Wildman–Crippen MR) is 41.6 cm³/mol. The second-order valence-electron chi connectivity index (χ2n) is 2.80. The summed E-state index contributed by atoms with van der Waals surface area (Å²) in [5, 5.41) is 17.3. The Labute approximate surface area is 73.5 Å². The van der Waals surface area contributed by atoms with Crippen LogP contribution in [-0.4, -0.2) is 23.3 Å². The number of allylic oxidation sites excluding steroid dienone is 4. The highest BCUT2D eigenvalue weighted by molar-refractivity contribution is 6.50. The SMILES string of the molecule is OB(O)C1=CC=C(C(F)(F)F)CC1. The largest absolute Gasteiger partial charge is 0.484 e. The highest BCUT2D eigenvalue weighted by Crippen LogP contribution is 2.32. The maximum Gasteiger partial charge on any atom is 0.484 e.